The molecule has 0 aliphatic carbocycles. The van der Waals surface area contributed by atoms with Crippen molar-refractivity contribution >= 4 is 11.3 Å². The van der Waals surface area contributed by atoms with Crippen LogP contribution in [-0.2, 0) is 11.2 Å². The molecule has 1 saturated heterocycles. The van der Waals surface area contributed by atoms with E-state index in [0.29, 0.717) is 6.10 Å². The minimum atomic E-state index is -0.0106. The lowest BCUT2D eigenvalue weighted by molar-refractivity contribution is 0.0167. The Labute approximate surface area is 93.8 Å². The van der Waals surface area contributed by atoms with Gasteiger partial charge in [-0.3, -0.25) is 0 Å². The number of hydrogen-bond donors (Lipinski definition) is 1. The molecule has 2 N–H and O–H groups in total. The first-order chi connectivity index (χ1) is 7.25. The first-order valence-electron chi connectivity index (χ1n) is 5.45. The van der Waals surface area contributed by atoms with E-state index in [1.165, 1.54) is 12.8 Å². The molecule has 1 fully saturated rings. The Morgan fingerprint density at radius 3 is 3.00 bits per heavy atom. The molecule has 0 radical (unpaired) electrons. The van der Waals surface area contributed by atoms with Crippen molar-refractivity contribution in [3.8, 4) is 0 Å². The lowest BCUT2D eigenvalue weighted by Gasteiger charge is -2.21. The molecule has 2 heterocycles. The van der Waals surface area contributed by atoms with Gasteiger partial charge in [-0.2, -0.15) is 0 Å². The lowest BCUT2D eigenvalue weighted by atomic mass is 10.1. The number of rotatable bonds is 3. The number of aromatic nitrogens is 2. The van der Waals surface area contributed by atoms with Crippen molar-refractivity contribution in [2.75, 3.05) is 6.61 Å². The van der Waals surface area contributed by atoms with Crippen LogP contribution in [0, 0.1) is 0 Å². The van der Waals surface area contributed by atoms with Gasteiger partial charge >= 0.3 is 0 Å². The van der Waals surface area contributed by atoms with Gasteiger partial charge in [-0.15, -0.1) is 10.2 Å². The van der Waals surface area contributed by atoms with Gasteiger partial charge in [0.15, 0.2) is 0 Å². The minimum absolute atomic E-state index is 0.0106. The topological polar surface area (TPSA) is 61.0 Å². The number of nitrogens with two attached hydrogens (primary N) is 1. The van der Waals surface area contributed by atoms with Crippen molar-refractivity contribution in [2.24, 2.45) is 5.73 Å². The highest BCUT2D eigenvalue weighted by atomic mass is 32.1. The molecule has 1 aliphatic rings. The number of hydrogen-bond acceptors (Lipinski definition) is 5. The predicted molar refractivity (Wildman–Crippen MR) is 59.8 cm³/mol. The van der Waals surface area contributed by atoms with E-state index < -0.39 is 0 Å². The molecule has 1 aliphatic heterocycles. The predicted octanol–water partition coefficient (Wildman–Crippen LogP) is 1.67. The molecule has 2 atom stereocenters. The number of ether oxygens (including phenoxy) is 1. The Morgan fingerprint density at radius 2 is 2.40 bits per heavy atom. The summed E-state index contributed by atoms with van der Waals surface area (Å²) in [4.78, 5) is 0. The Morgan fingerprint density at radius 1 is 1.53 bits per heavy atom. The molecule has 2 unspecified atom stereocenters. The standard InChI is InChI=1S/C10H17N3OS/c1-7(11)10-13-12-9(15-10)6-8-4-2-3-5-14-8/h7-8H,2-6,11H2,1H3. The van der Waals surface area contributed by atoms with Crippen LogP contribution in [0.25, 0.3) is 0 Å². The summed E-state index contributed by atoms with van der Waals surface area (Å²) >= 11 is 1.61. The largest absolute Gasteiger partial charge is 0.378 e. The van der Waals surface area contributed by atoms with Gasteiger partial charge in [-0.05, 0) is 26.2 Å². The van der Waals surface area contributed by atoms with Gasteiger partial charge in [0.05, 0.1) is 12.1 Å². The maximum Gasteiger partial charge on any atom is 0.133 e. The highest BCUT2D eigenvalue weighted by Gasteiger charge is 2.17. The summed E-state index contributed by atoms with van der Waals surface area (Å²) in [6.45, 7) is 2.82. The highest BCUT2D eigenvalue weighted by Crippen LogP contribution is 2.21. The molecule has 5 heteroatoms. The van der Waals surface area contributed by atoms with Crippen molar-refractivity contribution < 1.29 is 4.74 Å². The van der Waals surface area contributed by atoms with Crippen LogP contribution in [0.1, 0.15) is 42.2 Å². The molecule has 15 heavy (non-hydrogen) atoms. The fraction of sp³-hybridized carbons (Fsp3) is 0.800. The summed E-state index contributed by atoms with van der Waals surface area (Å²) in [5.41, 5.74) is 5.74. The smallest absolute Gasteiger partial charge is 0.133 e. The van der Waals surface area contributed by atoms with Gasteiger partial charge in [-0.1, -0.05) is 11.3 Å². The van der Waals surface area contributed by atoms with E-state index in [4.69, 9.17) is 10.5 Å². The first-order valence-corrected chi connectivity index (χ1v) is 6.27. The SMILES string of the molecule is CC(N)c1nnc(CC2CCCCO2)s1. The molecular weight excluding hydrogens is 210 g/mol. The average Bonchev–Trinajstić information content (AvgIpc) is 2.68. The van der Waals surface area contributed by atoms with Crippen LogP contribution in [-0.4, -0.2) is 22.9 Å². The van der Waals surface area contributed by atoms with Crippen LogP contribution >= 0.6 is 11.3 Å². The summed E-state index contributed by atoms with van der Waals surface area (Å²) in [6.07, 6.45) is 4.84. The summed E-state index contributed by atoms with van der Waals surface area (Å²) in [6, 6.07) is -0.0106. The number of nitrogens with zero attached hydrogens (tertiary/aromatic N) is 2. The maximum atomic E-state index is 5.74. The monoisotopic (exact) mass is 227 g/mol. The van der Waals surface area contributed by atoms with Crippen molar-refractivity contribution in [2.45, 2.75) is 44.8 Å². The van der Waals surface area contributed by atoms with Crippen LogP contribution in [0.5, 0.6) is 0 Å². The Hall–Kier alpha value is -0.520. The molecular formula is C10H17N3OS. The first kappa shape index (κ1) is 11.0. The molecule has 0 aromatic carbocycles. The molecule has 0 amide bonds. The van der Waals surface area contributed by atoms with E-state index in [1.54, 1.807) is 11.3 Å². The fourth-order valence-electron chi connectivity index (χ4n) is 1.70. The molecule has 2 rings (SSSR count). The van der Waals surface area contributed by atoms with Gasteiger partial charge in [0.2, 0.25) is 0 Å². The zero-order valence-corrected chi connectivity index (χ0v) is 9.80. The molecule has 0 spiro atoms. The second-order valence-corrected chi connectivity index (χ2v) is 5.11. The summed E-state index contributed by atoms with van der Waals surface area (Å²) in [5.74, 6) is 0. The van der Waals surface area contributed by atoms with Crippen molar-refractivity contribution in [3.05, 3.63) is 10.0 Å². The molecule has 4 nitrogen and oxygen atoms in total. The van der Waals surface area contributed by atoms with Crippen molar-refractivity contribution in [3.63, 3.8) is 0 Å². The Kier molecular flexibility index (Phi) is 3.66. The van der Waals surface area contributed by atoms with Crippen molar-refractivity contribution in [1.82, 2.24) is 10.2 Å². The minimum Gasteiger partial charge on any atom is -0.378 e. The van der Waals surface area contributed by atoms with E-state index in [1.807, 2.05) is 6.92 Å². The third-order valence-electron chi connectivity index (χ3n) is 2.55. The van der Waals surface area contributed by atoms with E-state index in [9.17, 15) is 0 Å². The van der Waals surface area contributed by atoms with Crippen LogP contribution in [0.3, 0.4) is 0 Å². The van der Waals surface area contributed by atoms with E-state index in [2.05, 4.69) is 10.2 Å². The third kappa shape index (κ3) is 2.96. The van der Waals surface area contributed by atoms with Crippen LogP contribution in [0.4, 0.5) is 0 Å². The average molecular weight is 227 g/mol. The summed E-state index contributed by atoms with van der Waals surface area (Å²) in [7, 11) is 0. The van der Waals surface area contributed by atoms with Gasteiger partial charge in [0.25, 0.3) is 0 Å². The Balaban J connectivity index is 1.91. The van der Waals surface area contributed by atoms with Gasteiger partial charge in [-0.25, -0.2) is 0 Å². The van der Waals surface area contributed by atoms with E-state index in [0.717, 1.165) is 29.5 Å². The second kappa shape index (κ2) is 5.01. The normalized spacial score (nSPS) is 24.0. The quantitative estimate of drug-likeness (QED) is 0.853. The van der Waals surface area contributed by atoms with Gasteiger partial charge in [0, 0.05) is 13.0 Å². The van der Waals surface area contributed by atoms with E-state index >= 15 is 0 Å². The third-order valence-corrected chi connectivity index (χ3v) is 3.69. The van der Waals surface area contributed by atoms with Gasteiger partial charge in [0.1, 0.15) is 10.0 Å². The maximum absolute atomic E-state index is 5.74. The Bertz CT molecular complexity index is 307. The van der Waals surface area contributed by atoms with Gasteiger partial charge < -0.3 is 10.5 Å². The second-order valence-electron chi connectivity index (χ2n) is 4.02. The van der Waals surface area contributed by atoms with E-state index in [-0.39, 0.29) is 6.04 Å². The molecule has 0 bridgehead atoms. The highest BCUT2D eigenvalue weighted by molar-refractivity contribution is 7.11. The van der Waals surface area contributed by atoms with Crippen molar-refractivity contribution in [1.29, 1.82) is 0 Å². The molecule has 84 valence electrons. The summed E-state index contributed by atoms with van der Waals surface area (Å²) < 4.78 is 5.66. The van der Waals surface area contributed by atoms with Crippen LogP contribution in [0.15, 0.2) is 0 Å². The lowest BCUT2D eigenvalue weighted by Crippen LogP contribution is -2.21. The summed E-state index contributed by atoms with van der Waals surface area (Å²) in [5, 5.41) is 10.2. The molecule has 1 aromatic heterocycles. The zero-order valence-electron chi connectivity index (χ0n) is 8.98. The van der Waals surface area contributed by atoms with Crippen LogP contribution in [0.2, 0.25) is 0 Å². The van der Waals surface area contributed by atoms with Crippen LogP contribution < -0.4 is 5.73 Å². The molecule has 0 saturated carbocycles. The molecule has 1 aromatic rings. The fourth-order valence-corrected chi connectivity index (χ4v) is 2.56. The zero-order chi connectivity index (χ0) is 10.7.